The lowest BCUT2D eigenvalue weighted by Gasteiger charge is -2.33. The molecule has 9 aromatic rings. The number of rotatable bonds is 4. The summed E-state index contributed by atoms with van der Waals surface area (Å²) >= 11 is 1.84. The van der Waals surface area contributed by atoms with Crippen LogP contribution < -0.4 is 0 Å². The molecule has 0 spiro atoms. The van der Waals surface area contributed by atoms with Crippen molar-refractivity contribution in [1.29, 1.82) is 0 Å². The predicted molar refractivity (Wildman–Crippen MR) is 202 cm³/mol. The summed E-state index contributed by atoms with van der Waals surface area (Å²) in [6, 6.07) is 48.5. The van der Waals surface area contributed by atoms with Crippen LogP contribution in [-0.4, -0.2) is 9.13 Å². The van der Waals surface area contributed by atoms with Gasteiger partial charge in [0.05, 0.1) is 27.1 Å². The van der Waals surface area contributed by atoms with Gasteiger partial charge in [-0.3, -0.25) is 0 Å². The molecule has 0 saturated heterocycles. The quantitative estimate of drug-likeness (QED) is 0.188. The van der Waals surface area contributed by atoms with Crippen LogP contribution >= 0.6 is 11.3 Å². The molecule has 1 atom stereocenters. The molecular weight excluding hydrogens is 605 g/mol. The lowest BCUT2D eigenvalue weighted by Crippen LogP contribution is -2.32. The molecule has 0 fully saturated rings. The smallest absolute Gasteiger partial charge is 0.138 e. The zero-order valence-corrected chi connectivity index (χ0v) is 27.6. The Bertz CT molecular complexity index is 2680. The van der Waals surface area contributed by atoms with Crippen LogP contribution in [-0.2, 0) is 5.54 Å². The third-order valence-corrected chi connectivity index (χ3v) is 11.3. The second kappa shape index (κ2) is 10.2. The van der Waals surface area contributed by atoms with Gasteiger partial charge in [0, 0.05) is 37.7 Å². The zero-order chi connectivity index (χ0) is 32.0. The second-order valence-corrected chi connectivity index (χ2v) is 14.5. The Kier molecular flexibility index (Phi) is 5.85. The number of nitrogens with zero attached hydrogens (tertiary/aromatic N) is 2. The Morgan fingerprint density at radius 3 is 2.12 bits per heavy atom. The van der Waals surface area contributed by atoms with Crippen LogP contribution in [0.15, 0.2) is 144 Å². The van der Waals surface area contributed by atoms with E-state index in [0.717, 1.165) is 34.4 Å². The topological polar surface area (TPSA) is 23.0 Å². The van der Waals surface area contributed by atoms with Crippen LogP contribution in [0.4, 0.5) is 0 Å². The molecule has 4 aromatic heterocycles. The number of fused-ring (bicyclic) bond motifs is 7. The highest BCUT2D eigenvalue weighted by atomic mass is 32.1. The maximum Gasteiger partial charge on any atom is 0.138 e. The van der Waals surface area contributed by atoms with Crippen LogP contribution in [0.5, 0.6) is 0 Å². The second-order valence-electron chi connectivity index (χ2n) is 13.2. The maximum absolute atomic E-state index is 6.96. The molecule has 230 valence electrons. The molecule has 1 aliphatic rings. The van der Waals surface area contributed by atoms with E-state index in [9.17, 15) is 0 Å². The SMILES string of the molecule is Cc1ccc(-c2cc3ccc(-c4ccc5c6c(oc5c4)C(C)(n4c5ccccc5c5ccccc54)CC=C6)cc3n2-c2ccccc2)s1. The molecule has 3 nitrogen and oxygen atoms in total. The van der Waals surface area contributed by atoms with Crippen molar-refractivity contribution in [2.45, 2.75) is 25.8 Å². The van der Waals surface area contributed by atoms with Crippen LogP contribution in [0.3, 0.4) is 0 Å². The number of para-hydroxylation sites is 3. The Balaban J connectivity index is 1.14. The van der Waals surface area contributed by atoms with Crippen molar-refractivity contribution in [3.8, 4) is 27.4 Å². The fraction of sp³-hybridized carbons (Fsp3) is 0.0909. The molecule has 0 saturated carbocycles. The summed E-state index contributed by atoms with van der Waals surface area (Å²) in [5, 5.41) is 4.93. The zero-order valence-electron chi connectivity index (χ0n) is 26.8. The van der Waals surface area contributed by atoms with Gasteiger partial charge in [0.2, 0.25) is 0 Å². The van der Waals surface area contributed by atoms with Crippen molar-refractivity contribution >= 4 is 61.1 Å². The molecule has 5 aromatic carbocycles. The van der Waals surface area contributed by atoms with Gasteiger partial charge in [-0.15, -0.1) is 11.3 Å². The normalized spacial score (nSPS) is 16.0. The first kappa shape index (κ1) is 27.5. The first-order valence-electron chi connectivity index (χ1n) is 16.6. The van der Waals surface area contributed by atoms with Gasteiger partial charge < -0.3 is 13.6 Å². The number of allylic oxidation sites excluding steroid dienone is 1. The van der Waals surface area contributed by atoms with Gasteiger partial charge in [-0.05, 0) is 92.1 Å². The van der Waals surface area contributed by atoms with Gasteiger partial charge in [0.25, 0.3) is 0 Å². The van der Waals surface area contributed by atoms with E-state index in [2.05, 4.69) is 169 Å². The van der Waals surface area contributed by atoms with E-state index in [1.54, 1.807) is 0 Å². The van der Waals surface area contributed by atoms with Crippen LogP contribution in [0.1, 0.15) is 29.5 Å². The van der Waals surface area contributed by atoms with E-state index < -0.39 is 0 Å². The van der Waals surface area contributed by atoms with E-state index in [4.69, 9.17) is 4.42 Å². The Morgan fingerprint density at radius 2 is 1.38 bits per heavy atom. The highest BCUT2D eigenvalue weighted by Crippen LogP contribution is 2.47. The third kappa shape index (κ3) is 3.93. The molecule has 0 radical (unpaired) electrons. The molecule has 10 rings (SSSR count). The van der Waals surface area contributed by atoms with Crippen LogP contribution in [0, 0.1) is 6.92 Å². The molecule has 0 aliphatic heterocycles. The minimum absolute atomic E-state index is 0.377. The molecule has 0 N–H and O–H groups in total. The summed E-state index contributed by atoms with van der Waals surface area (Å²) in [6.07, 6.45) is 5.42. The van der Waals surface area contributed by atoms with Gasteiger partial charge in [0.1, 0.15) is 16.9 Å². The molecule has 1 unspecified atom stereocenters. The molecule has 4 heteroatoms. The fourth-order valence-corrected chi connectivity index (χ4v) is 8.87. The lowest BCUT2D eigenvalue weighted by molar-refractivity contribution is 0.334. The van der Waals surface area contributed by atoms with Gasteiger partial charge in [-0.1, -0.05) is 84.9 Å². The van der Waals surface area contributed by atoms with Crippen LogP contribution in [0.2, 0.25) is 0 Å². The number of hydrogen-bond acceptors (Lipinski definition) is 2. The van der Waals surface area contributed by atoms with Gasteiger partial charge in [0.15, 0.2) is 0 Å². The first-order valence-corrected chi connectivity index (χ1v) is 17.4. The summed E-state index contributed by atoms with van der Waals surface area (Å²) in [6.45, 7) is 4.50. The summed E-state index contributed by atoms with van der Waals surface area (Å²) in [4.78, 5) is 2.59. The van der Waals surface area contributed by atoms with Crippen molar-refractivity contribution in [3.63, 3.8) is 0 Å². The maximum atomic E-state index is 6.96. The highest BCUT2D eigenvalue weighted by Gasteiger charge is 2.38. The van der Waals surface area contributed by atoms with Gasteiger partial charge in [-0.2, -0.15) is 0 Å². The highest BCUT2D eigenvalue weighted by molar-refractivity contribution is 7.15. The number of aryl methyl sites for hydroxylation is 1. The van der Waals surface area contributed by atoms with Crippen molar-refractivity contribution < 1.29 is 4.42 Å². The minimum atomic E-state index is -0.377. The summed E-state index contributed by atoms with van der Waals surface area (Å²) in [7, 11) is 0. The third-order valence-electron chi connectivity index (χ3n) is 10.2. The molecule has 48 heavy (non-hydrogen) atoms. The van der Waals surface area contributed by atoms with Crippen molar-refractivity contribution in [2.24, 2.45) is 0 Å². The number of benzene rings is 5. The van der Waals surface area contributed by atoms with E-state index in [1.165, 1.54) is 59.3 Å². The van der Waals surface area contributed by atoms with E-state index in [0.29, 0.717) is 0 Å². The van der Waals surface area contributed by atoms with Crippen molar-refractivity contribution in [2.75, 3.05) is 0 Å². The molecule has 1 aliphatic carbocycles. The van der Waals surface area contributed by atoms with Gasteiger partial charge in [-0.25, -0.2) is 0 Å². The van der Waals surface area contributed by atoms with Crippen molar-refractivity contribution in [3.05, 3.63) is 156 Å². The molecular formula is C44H32N2OS. The average Bonchev–Trinajstić information content (AvgIpc) is 3.90. The predicted octanol–water partition coefficient (Wildman–Crippen LogP) is 12.4. The molecule has 4 heterocycles. The largest absolute Gasteiger partial charge is 0.458 e. The van der Waals surface area contributed by atoms with E-state index in [-0.39, 0.29) is 5.54 Å². The summed E-state index contributed by atoms with van der Waals surface area (Å²) < 4.78 is 11.9. The first-order chi connectivity index (χ1) is 23.6. The van der Waals surface area contributed by atoms with E-state index >= 15 is 0 Å². The Hall–Kier alpha value is -5.58. The minimum Gasteiger partial charge on any atom is -0.458 e. The fourth-order valence-electron chi connectivity index (χ4n) is 8.00. The number of thiophene rings is 1. The van der Waals surface area contributed by atoms with Gasteiger partial charge >= 0.3 is 0 Å². The standard InChI is InChI=1S/C44H32N2OS/c1-28-18-23-42(48-28)40-26-31-20-19-29(25-39(31)45(40)32-11-4-3-5-12-32)30-21-22-35-36-15-10-24-44(2,43(36)47-41(35)27-30)46-37-16-8-6-13-33(37)34-14-7-9-17-38(34)46/h3-23,25-27H,24H2,1-2H3. The number of furan rings is 1. The summed E-state index contributed by atoms with van der Waals surface area (Å²) in [5.74, 6) is 1.02. The Morgan fingerprint density at radius 1 is 0.667 bits per heavy atom. The molecule has 0 bridgehead atoms. The molecule has 0 amide bonds. The van der Waals surface area contributed by atoms with Crippen LogP contribution in [0.25, 0.3) is 77.1 Å². The number of aromatic nitrogens is 2. The number of hydrogen-bond donors (Lipinski definition) is 0. The lowest BCUT2D eigenvalue weighted by atomic mass is 9.85. The Labute approximate surface area is 282 Å². The van der Waals surface area contributed by atoms with E-state index in [1.807, 2.05) is 11.3 Å². The average molecular weight is 637 g/mol. The monoisotopic (exact) mass is 636 g/mol. The summed E-state index contributed by atoms with van der Waals surface area (Å²) in [5.41, 5.74) is 10.1. The van der Waals surface area contributed by atoms with Crippen molar-refractivity contribution in [1.82, 2.24) is 9.13 Å².